The second-order valence-corrected chi connectivity index (χ2v) is 9.15. The average molecular weight is 503 g/mol. The molecule has 0 saturated carbocycles. The van der Waals surface area contributed by atoms with Crippen molar-refractivity contribution in [1.82, 2.24) is 9.88 Å². The molecule has 6 nitrogen and oxygen atoms in total. The number of anilines is 1. The smallest absolute Gasteiger partial charge is 0.383 e. The highest BCUT2D eigenvalue weighted by molar-refractivity contribution is 6.00. The van der Waals surface area contributed by atoms with Gasteiger partial charge in [0.15, 0.2) is 0 Å². The summed E-state index contributed by atoms with van der Waals surface area (Å²) in [5, 5.41) is 0.585. The molecule has 0 fully saturated rings. The lowest BCUT2D eigenvalue weighted by Crippen LogP contribution is -2.37. The minimum Gasteiger partial charge on any atom is -0.383 e. The number of nitrogens with two attached hydrogens (primary N) is 1. The van der Waals surface area contributed by atoms with Crippen LogP contribution >= 0.6 is 0 Å². The van der Waals surface area contributed by atoms with Gasteiger partial charge in [-0.25, -0.2) is 9.37 Å². The van der Waals surface area contributed by atoms with Crippen LogP contribution in [0.25, 0.3) is 10.9 Å². The van der Waals surface area contributed by atoms with Gasteiger partial charge in [0.05, 0.1) is 42.0 Å². The second-order valence-electron chi connectivity index (χ2n) is 9.15. The number of rotatable bonds is 5. The Balaban J connectivity index is 1.56. The molecule has 3 aromatic rings. The molecule has 2 atom stereocenters. The Hall–Kier alpha value is -3.24. The number of carbonyl (C=O) groups is 1. The maximum atomic E-state index is 15.3. The highest BCUT2D eigenvalue weighted by Crippen LogP contribution is 2.41. The first kappa shape index (κ1) is 24.5. The van der Waals surface area contributed by atoms with Gasteiger partial charge in [0.2, 0.25) is 0 Å². The molecule has 2 heterocycles. The van der Waals surface area contributed by atoms with Crippen LogP contribution in [0.5, 0.6) is 0 Å². The lowest BCUT2D eigenvalue weighted by molar-refractivity contribution is -0.137. The number of aromatic nitrogens is 1. The molecular weight excluding hydrogens is 478 g/mol. The summed E-state index contributed by atoms with van der Waals surface area (Å²) in [6, 6.07) is 5.73. The van der Waals surface area contributed by atoms with Crippen LogP contribution in [0.2, 0.25) is 0 Å². The van der Waals surface area contributed by atoms with E-state index in [0.29, 0.717) is 34.9 Å². The Bertz CT molecular complexity index is 1360. The van der Waals surface area contributed by atoms with Crippen molar-refractivity contribution in [3.05, 3.63) is 69.5 Å². The molecule has 36 heavy (non-hydrogen) atoms. The van der Waals surface area contributed by atoms with E-state index in [4.69, 9.17) is 15.2 Å². The fraction of sp³-hybridized carbons (Fsp3) is 0.385. The van der Waals surface area contributed by atoms with Crippen molar-refractivity contribution in [3.8, 4) is 0 Å². The third-order valence-corrected chi connectivity index (χ3v) is 7.06. The lowest BCUT2D eigenvalue weighted by atomic mass is 9.98. The molecule has 1 aliphatic carbocycles. The van der Waals surface area contributed by atoms with Gasteiger partial charge in [0.1, 0.15) is 11.6 Å². The second kappa shape index (κ2) is 9.01. The quantitative estimate of drug-likeness (QED) is 0.476. The molecule has 0 saturated heterocycles. The topological polar surface area (TPSA) is 77.7 Å². The van der Waals surface area contributed by atoms with Crippen LogP contribution in [-0.2, 0) is 28.7 Å². The normalized spacial score (nSPS) is 18.9. The van der Waals surface area contributed by atoms with Gasteiger partial charge in [-0.2, -0.15) is 13.2 Å². The number of benzene rings is 2. The van der Waals surface area contributed by atoms with Crippen molar-refractivity contribution in [1.29, 1.82) is 0 Å². The summed E-state index contributed by atoms with van der Waals surface area (Å²) in [5.74, 6) is -1.05. The summed E-state index contributed by atoms with van der Waals surface area (Å²) in [7, 11) is 1.48. The first-order valence-corrected chi connectivity index (χ1v) is 11.6. The monoisotopic (exact) mass is 503 g/mol. The van der Waals surface area contributed by atoms with Crippen LogP contribution in [0.4, 0.5) is 23.4 Å². The number of hydrogen-bond acceptors (Lipinski definition) is 5. The number of hydrogen-bond donors (Lipinski definition) is 1. The molecule has 0 spiro atoms. The molecule has 0 bridgehead atoms. The third-order valence-electron chi connectivity index (χ3n) is 7.06. The Morgan fingerprint density at radius 1 is 1.28 bits per heavy atom. The number of ether oxygens (including phenoxy) is 2. The molecule has 2 aromatic carbocycles. The summed E-state index contributed by atoms with van der Waals surface area (Å²) in [4.78, 5) is 19.5. The number of carbonyl (C=O) groups excluding carboxylic acids is 1. The fourth-order valence-corrected chi connectivity index (χ4v) is 5.29. The molecule has 2 aliphatic rings. The SMILES string of the molecule is COCCN(C(=O)c1cc2c3c(c(N)nc2cc1F)[C@@H](C)OC3)C1CCc2cc(C(F)(F)F)ccc21. The lowest BCUT2D eigenvalue weighted by Gasteiger charge is -2.30. The van der Waals surface area contributed by atoms with Gasteiger partial charge in [-0.3, -0.25) is 4.79 Å². The van der Waals surface area contributed by atoms with Crippen molar-refractivity contribution in [2.45, 2.75) is 44.7 Å². The van der Waals surface area contributed by atoms with Crippen LogP contribution in [-0.4, -0.2) is 36.1 Å². The summed E-state index contributed by atoms with van der Waals surface area (Å²) in [6.45, 7) is 2.45. The van der Waals surface area contributed by atoms with Crippen LogP contribution in [0.3, 0.4) is 0 Å². The van der Waals surface area contributed by atoms with Gasteiger partial charge in [-0.1, -0.05) is 6.07 Å². The Morgan fingerprint density at radius 2 is 2.06 bits per heavy atom. The van der Waals surface area contributed by atoms with E-state index in [-0.39, 0.29) is 37.2 Å². The number of nitrogen functional groups attached to an aromatic ring is 1. The Kier molecular flexibility index (Phi) is 6.12. The summed E-state index contributed by atoms with van der Waals surface area (Å²) in [5.41, 5.74) is 8.19. The number of halogens is 4. The number of alkyl halides is 3. The zero-order valence-corrected chi connectivity index (χ0v) is 19.8. The molecule has 0 radical (unpaired) electrons. The van der Waals surface area contributed by atoms with E-state index in [2.05, 4.69) is 4.98 Å². The first-order chi connectivity index (χ1) is 17.1. The van der Waals surface area contributed by atoms with Crippen LogP contribution < -0.4 is 5.73 Å². The van der Waals surface area contributed by atoms with Gasteiger partial charge in [0, 0.05) is 30.7 Å². The van der Waals surface area contributed by atoms with Crippen molar-refractivity contribution < 1.29 is 31.8 Å². The minimum atomic E-state index is -4.45. The van der Waals surface area contributed by atoms with Crippen molar-refractivity contribution in [2.24, 2.45) is 0 Å². The zero-order valence-electron chi connectivity index (χ0n) is 19.8. The van der Waals surface area contributed by atoms with Gasteiger partial charge in [-0.05, 0) is 54.7 Å². The Morgan fingerprint density at radius 3 is 2.78 bits per heavy atom. The van der Waals surface area contributed by atoms with Gasteiger partial charge in [0.25, 0.3) is 5.91 Å². The van der Waals surface area contributed by atoms with E-state index < -0.39 is 29.5 Å². The minimum absolute atomic E-state index is 0.146. The standard InChI is InChI=1S/C26H25F4N3O3/c1-13-23-19(12-36-13)17-10-18(20(27)11-21(17)32-24(23)31)25(34)33(7-8-35-2)22-6-3-14-9-15(26(28,29)30)4-5-16(14)22/h4-5,9-11,13,22H,3,6-8,12H2,1-2H3,(H2,31,32)/t13-,22?/m1/s1. The van der Waals surface area contributed by atoms with E-state index in [1.807, 2.05) is 6.92 Å². The van der Waals surface area contributed by atoms with Gasteiger partial charge < -0.3 is 20.1 Å². The molecule has 5 rings (SSSR count). The maximum Gasteiger partial charge on any atom is 0.416 e. The number of aryl methyl sites for hydroxylation is 1. The molecule has 2 N–H and O–H groups in total. The van der Waals surface area contributed by atoms with Crippen LogP contribution in [0.15, 0.2) is 30.3 Å². The largest absolute Gasteiger partial charge is 0.416 e. The van der Waals surface area contributed by atoms with Gasteiger partial charge in [-0.15, -0.1) is 0 Å². The van der Waals surface area contributed by atoms with E-state index in [1.165, 1.54) is 30.2 Å². The predicted molar refractivity (Wildman–Crippen MR) is 125 cm³/mol. The van der Waals surface area contributed by atoms with Crippen molar-refractivity contribution >= 4 is 22.6 Å². The maximum absolute atomic E-state index is 15.3. The predicted octanol–water partition coefficient (Wildman–Crippen LogP) is 5.34. The van der Waals surface area contributed by atoms with Crippen LogP contribution in [0.1, 0.15) is 63.7 Å². The highest BCUT2D eigenvalue weighted by atomic mass is 19.4. The van der Waals surface area contributed by atoms with E-state index in [0.717, 1.165) is 23.3 Å². The molecule has 190 valence electrons. The summed E-state index contributed by atoms with van der Waals surface area (Å²) in [6.07, 6.45) is -3.91. The van der Waals surface area contributed by atoms with Gasteiger partial charge >= 0.3 is 6.18 Å². The highest BCUT2D eigenvalue weighted by Gasteiger charge is 2.36. The molecule has 1 aliphatic heterocycles. The van der Waals surface area contributed by atoms with E-state index in [1.54, 1.807) is 0 Å². The van der Waals surface area contributed by atoms with Crippen molar-refractivity contribution in [3.63, 3.8) is 0 Å². The summed E-state index contributed by atoms with van der Waals surface area (Å²) < 4.78 is 65.7. The number of methoxy groups -OCH3 is 1. The number of fused-ring (bicyclic) bond motifs is 4. The van der Waals surface area contributed by atoms with E-state index >= 15 is 4.39 Å². The molecule has 1 aromatic heterocycles. The average Bonchev–Trinajstić information content (AvgIpc) is 3.42. The third kappa shape index (κ3) is 4.08. The molecule has 1 amide bonds. The molecule has 10 heteroatoms. The first-order valence-electron chi connectivity index (χ1n) is 11.6. The van der Waals surface area contributed by atoms with E-state index in [9.17, 15) is 18.0 Å². The Labute approximate surface area is 205 Å². The summed E-state index contributed by atoms with van der Waals surface area (Å²) >= 11 is 0. The van der Waals surface area contributed by atoms with Crippen LogP contribution in [0, 0.1) is 5.82 Å². The number of nitrogens with zero attached hydrogens (tertiary/aromatic N) is 2. The zero-order chi connectivity index (χ0) is 25.8. The number of pyridine rings is 1. The molecular formula is C26H25F4N3O3. The molecule has 1 unspecified atom stereocenters. The number of amides is 1. The fourth-order valence-electron chi connectivity index (χ4n) is 5.29. The van der Waals surface area contributed by atoms with Crippen molar-refractivity contribution in [2.75, 3.05) is 26.0 Å².